The van der Waals surface area contributed by atoms with Gasteiger partial charge >= 0.3 is 31.1 Å². The van der Waals surface area contributed by atoms with Crippen LogP contribution in [-0.4, -0.2) is 4.98 Å². The molecule has 10 heavy (non-hydrogen) atoms. The van der Waals surface area contributed by atoms with Crippen LogP contribution in [0.15, 0.2) is 18.3 Å². The van der Waals surface area contributed by atoms with Gasteiger partial charge in [-0.3, -0.25) is 6.07 Å². The van der Waals surface area contributed by atoms with Crippen molar-refractivity contribution in [3.63, 3.8) is 0 Å². The van der Waals surface area contributed by atoms with Crippen LogP contribution in [0.4, 0.5) is 0 Å². The van der Waals surface area contributed by atoms with Gasteiger partial charge in [0.25, 0.3) is 0 Å². The molecule has 0 saturated heterocycles. The molecule has 0 aliphatic rings. The van der Waals surface area contributed by atoms with Crippen molar-refractivity contribution < 1.29 is 31.1 Å². The summed E-state index contributed by atoms with van der Waals surface area (Å²) in [7, 11) is 0. The maximum absolute atomic E-state index is 3.99. The summed E-state index contributed by atoms with van der Waals surface area (Å²) in [4.78, 5) is 3.99. The van der Waals surface area contributed by atoms with Gasteiger partial charge < -0.3 is 17.1 Å². The van der Waals surface area contributed by atoms with Crippen molar-refractivity contribution >= 4 is 6.08 Å². The van der Waals surface area contributed by atoms with Gasteiger partial charge in [-0.2, -0.15) is 6.07 Å². The molecule has 0 aliphatic heterocycles. The van der Waals surface area contributed by atoms with Crippen molar-refractivity contribution in [1.29, 1.82) is 0 Å². The van der Waals surface area contributed by atoms with Crippen LogP contribution in [-0.2, 0) is 0 Å². The monoisotopic (exact) mass is 355 g/mol. The minimum absolute atomic E-state index is 0. The summed E-state index contributed by atoms with van der Waals surface area (Å²) in [5.41, 5.74) is 0.833. The molecule has 0 bridgehead atoms. The molecule has 0 fully saturated rings. The quantitative estimate of drug-likeness (QED) is 0.700. The summed E-state index contributed by atoms with van der Waals surface area (Å²) in [5.74, 6) is 0. The first-order valence-corrected chi connectivity index (χ1v) is 2.76. The molecule has 0 saturated carbocycles. The van der Waals surface area contributed by atoms with E-state index in [9.17, 15) is 0 Å². The number of hydrogen-bond acceptors (Lipinski definition) is 1. The summed E-state index contributed by atoms with van der Waals surface area (Å²) >= 11 is 0. The predicted molar refractivity (Wildman–Crippen MR) is 36.5 cm³/mol. The molecule has 1 nitrogen and oxygen atoms in total. The first kappa shape index (κ1) is 9.94. The Balaban J connectivity index is 0.000000810. The molecule has 1 aromatic rings. The second-order valence-electron chi connectivity index (χ2n) is 1.60. The average Bonchev–Trinajstić information content (AvgIpc) is 1.91. The number of rotatable bonds is 1. The standard InChI is InChI=1S/C8H7N.U/c1-2-5-8-6-3-4-7-9-8;/h3-5,7H,1H3;/q-2;+2. The van der Waals surface area contributed by atoms with Crippen LogP contribution < -0.4 is 0 Å². The average molecular weight is 355 g/mol. The fourth-order valence-corrected chi connectivity index (χ4v) is 0.553. The molecule has 48 valence electrons. The van der Waals surface area contributed by atoms with E-state index in [4.69, 9.17) is 0 Å². The maximum atomic E-state index is 3.99. The molecule has 1 heterocycles. The molecule has 1 aromatic heterocycles. The van der Waals surface area contributed by atoms with E-state index in [1.807, 2.05) is 19.1 Å². The van der Waals surface area contributed by atoms with Crippen LogP contribution in [0.5, 0.6) is 0 Å². The molecule has 1 rings (SSSR count). The fourth-order valence-electron chi connectivity index (χ4n) is 0.553. The molecule has 0 spiro atoms. The van der Waals surface area contributed by atoms with Crippen molar-refractivity contribution in [3.8, 4) is 0 Å². The fraction of sp³-hybridized carbons (Fsp3) is 0.125. The van der Waals surface area contributed by atoms with Gasteiger partial charge in [-0.15, -0.1) is 13.0 Å². The molecule has 0 amide bonds. The van der Waals surface area contributed by atoms with E-state index in [0.717, 1.165) is 5.69 Å². The van der Waals surface area contributed by atoms with Crippen molar-refractivity contribution in [2.45, 2.75) is 6.92 Å². The third-order valence-corrected chi connectivity index (χ3v) is 0.908. The summed E-state index contributed by atoms with van der Waals surface area (Å²) in [6.45, 7) is 1.84. The smallest absolute Gasteiger partial charge is 0.390 e. The topological polar surface area (TPSA) is 12.9 Å². The molecule has 2 heteroatoms. The Morgan fingerprint density at radius 2 is 2.50 bits per heavy atom. The first-order chi connectivity index (χ1) is 4.43. The molecule has 0 aliphatic carbocycles. The minimum Gasteiger partial charge on any atom is -0.390 e. The molecule has 0 radical (unpaired) electrons. The van der Waals surface area contributed by atoms with Crippen LogP contribution in [0.25, 0.3) is 6.08 Å². The van der Waals surface area contributed by atoms with Crippen molar-refractivity contribution in [2.24, 2.45) is 0 Å². The molecule has 0 unspecified atom stereocenters. The molecule has 0 aromatic carbocycles. The van der Waals surface area contributed by atoms with E-state index >= 15 is 0 Å². The molecule has 0 N–H and O–H groups in total. The Bertz CT molecular complexity index is 194. The van der Waals surface area contributed by atoms with Gasteiger partial charge in [0.05, 0.1) is 0 Å². The normalized spacial score (nSPS) is 9.30. The van der Waals surface area contributed by atoms with E-state index in [1.165, 1.54) is 0 Å². The van der Waals surface area contributed by atoms with E-state index in [-0.39, 0.29) is 31.1 Å². The summed E-state index contributed by atoms with van der Waals surface area (Å²) < 4.78 is 0. The third kappa shape index (κ3) is 3.20. The zero-order chi connectivity index (χ0) is 6.53. The molecular formula is C8H7NU. The molecular weight excluding hydrogens is 348 g/mol. The van der Waals surface area contributed by atoms with Gasteiger partial charge in [-0.05, 0) is 0 Å². The van der Waals surface area contributed by atoms with Gasteiger partial charge in [0.1, 0.15) is 0 Å². The van der Waals surface area contributed by atoms with Gasteiger partial charge in [0, 0.05) is 0 Å². The van der Waals surface area contributed by atoms with Crippen LogP contribution >= 0.6 is 0 Å². The Labute approximate surface area is 84.9 Å². The zero-order valence-electron chi connectivity index (χ0n) is 5.76. The second kappa shape index (κ2) is 5.71. The van der Waals surface area contributed by atoms with Crippen LogP contribution in [0.2, 0.25) is 0 Å². The van der Waals surface area contributed by atoms with Gasteiger partial charge in [-0.1, -0.05) is 6.20 Å². The SMILES string of the molecule is C[C-]=Cc1[c-]cccn1.[U+2]. The largest absolute Gasteiger partial charge is 2.00 e. The predicted octanol–water partition coefficient (Wildman–Crippen LogP) is 1.72. The van der Waals surface area contributed by atoms with E-state index in [0.29, 0.717) is 0 Å². The number of allylic oxidation sites excluding steroid dienone is 1. The van der Waals surface area contributed by atoms with Crippen LogP contribution in [0, 0.1) is 43.3 Å². The summed E-state index contributed by atoms with van der Waals surface area (Å²) in [6, 6.07) is 6.61. The third-order valence-electron chi connectivity index (χ3n) is 0.908. The number of nitrogens with zero attached hydrogens (tertiary/aromatic N) is 1. The number of pyridine rings is 1. The number of aromatic nitrogens is 1. The Morgan fingerprint density at radius 1 is 1.70 bits per heavy atom. The van der Waals surface area contributed by atoms with Gasteiger partial charge in [0.15, 0.2) is 0 Å². The molecule has 0 atom stereocenters. The van der Waals surface area contributed by atoms with Crippen molar-refractivity contribution in [2.75, 3.05) is 0 Å². The minimum atomic E-state index is 0. The summed E-state index contributed by atoms with van der Waals surface area (Å²) in [5, 5.41) is 0. The summed E-state index contributed by atoms with van der Waals surface area (Å²) in [6.07, 6.45) is 6.39. The van der Waals surface area contributed by atoms with Crippen LogP contribution in [0.1, 0.15) is 12.6 Å². The Morgan fingerprint density at radius 3 is 3.00 bits per heavy atom. The van der Waals surface area contributed by atoms with E-state index in [2.05, 4.69) is 17.1 Å². The van der Waals surface area contributed by atoms with Gasteiger partial charge in [-0.25, -0.2) is 5.69 Å². The maximum Gasteiger partial charge on any atom is 2.00 e. The van der Waals surface area contributed by atoms with Crippen molar-refractivity contribution in [3.05, 3.63) is 36.2 Å². The van der Waals surface area contributed by atoms with E-state index in [1.54, 1.807) is 12.3 Å². The zero-order valence-corrected chi connectivity index (χ0v) is 9.92. The Kier molecular flexibility index (Phi) is 5.67. The number of hydrogen-bond donors (Lipinski definition) is 0. The Hall–Kier alpha value is -0.0581. The van der Waals surface area contributed by atoms with Gasteiger partial charge in [0.2, 0.25) is 0 Å². The first-order valence-electron chi connectivity index (χ1n) is 2.76. The second-order valence-corrected chi connectivity index (χ2v) is 1.60. The van der Waals surface area contributed by atoms with Crippen molar-refractivity contribution in [1.82, 2.24) is 4.98 Å². The van der Waals surface area contributed by atoms with E-state index < -0.39 is 0 Å². The van der Waals surface area contributed by atoms with Crippen LogP contribution in [0.3, 0.4) is 0 Å².